The largest absolute Gasteiger partial charge is 0.493 e. The van der Waals surface area contributed by atoms with Crippen LogP contribution in [0.2, 0.25) is 0 Å². The van der Waals surface area contributed by atoms with Crippen LogP contribution in [0, 0.1) is 0 Å². The maximum absolute atomic E-state index is 5.83. The third-order valence-electron chi connectivity index (χ3n) is 6.02. The van der Waals surface area contributed by atoms with Gasteiger partial charge in [0.1, 0.15) is 11.5 Å². The van der Waals surface area contributed by atoms with Crippen LogP contribution in [0.25, 0.3) is 0 Å². The average Bonchev–Trinajstić information content (AvgIpc) is 3.32. The minimum Gasteiger partial charge on any atom is -0.493 e. The van der Waals surface area contributed by atoms with Crippen LogP contribution in [-0.2, 0) is 11.2 Å². The normalized spacial score (nSPS) is 20.2. The lowest BCUT2D eigenvalue weighted by Gasteiger charge is -2.34. The predicted molar refractivity (Wildman–Crippen MR) is 122 cm³/mol. The zero-order valence-corrected chi connectivity index (χ0v) is 18.4. The van der Waals surface area contributed by atoms with Gasteiger partial charge in [0.25, 0.3) is 0 Å². The van der Waals surface area contributed by atoms with Crippen molar-refractivity contribution in [2.45, 2.75) is 37.8 Å². The fourth-order valence-electron chi connectivity index (χ4n) is 4.24. The van der Waals surface area contributed by atoms with Crippen LogP contribution < -0.4 is 15.4 Å². The molecule has 7 heteroatoms. The predicted octanol–water partition coefficient (Wildman–Crippen LogP) is 2.99. The number of rotatable bonds is 8. The molecule has 0 bridgehead atoms. The summed E-state index contributed by atoms with van der Waals surface area (Å²) in [6, 6.07) is 12.8. The van der Waals surface area contributed by atoms with Gasteiger partial charge >= 0.3 is 0 Å². The molecule has 1 atom stereocenters. The van der Waals surface area contributed by atoms with Gasteiger partial charge in [-0.3, -0.25) is 4.99 Å². The van der Waals surface area contributed by atoms with Crippen molar-refractivity contribution in [2.24, 2.45) is 4.99 Å². The van der Waals surface area contributed by atoms with Crippen molar-refractivity contribution in [1.29, 1.82) is 0 Å². The molecule has 2 aliphatic rings. The number of piperidine rings is 1. The molecular weight excluding hydrogens is 392 g/mol. The number of methoxy groups -OCH3 is 1. The first-order valence-electron chi connectivity index (χ1n) is 11.3. The zero-order valence-electron chi connectivity index (χ0n) is 18.4. The minimum atomic E-state index is 0.196. The molecule has 0 saturated carbocycles. The van der Waals surface area contributed by atoms with Gasteiger partial charge in [0.05, 0.1) is 25.5 Å². The Labute approximate surface area is 184 Å². The van der Waals surface area contributed by atoms with Gasteiger partial charge in [0.15, 0.2) is 5.96 Å². The molecule has 2 N–H and O–H groups in total. The van der Waals surface area contributed by atoms with E-state index in [1.807, 2.05) is 24.3 Å². The number of aliphatic imine (C=N–C) groups is 1. The maximum atomic E-state index is 5.83. The topological polar surface area (TPSA) is 71.3 Å². The first kappa shape index (κ1) is 21.7. The van der Waals surface area contributed by atoms with Crippen molar-refractivity contribution in [3.05, 3.63) is 54.0 Å². The number of nitrogens with one attached hydrogen (secondary N) is 2. The summed E-state index contributed by atoms with van der Waals surface area (Å²) in [7, 11) is 1.76. The molecule has 0 spiro atoms. The van der Waals surface area contributed by atoms with Crippen molar-refractivity contribution in [3.8, 4) is 5.75 Å². The van der Waals surface area contributed by atoms with Crippen LogP contribution in [0.3, 0.4) is 0 Å². The molecule has 7 nitrogen and oxygen atoms in total. The molecule has 0 amide bonds. The van der Waals surface area contributed by atoms with Crippen molar-refractivity contribution >= 4 is 5.96 Å². The third-order valence-corrected chi connectivity index (χ3v) is 6.02. The molecule has 31 heavy (non-hydrogen) atoms. The van der Waals surface area contributed by atoms with E-state index in [9.17, 15) is 0 Å². The Morgan fingerprint density at radius 2 is 2.00 bits per heavy atom. The number of ether oxygens (including phenoxy) is 2. The summed E-state index contributed by atoms with van der Waals surface area (Å²) in [4.78, 5) is 7.36. The summed E-state index contributed by atoms with van der Waals surface area (Å²) in [5.41, 5.74) is 1.20. The van der Waals surface area contributed by atoms with E-state index in [1.54, 1.807) is 13.4 Å². The summed E-state index contributed by atoms with van der Waals surface area (Å²) in [5, 5.41) is 7.38. The Balaban J connectivity index is 1.39. The molecule has 168 valence electrons. The molecule has 0 aliphatic carbocycles. The van der Waals surface area contributed by atoms with Gasteiger partial charge < -0.3 is 29.4 Å². The first-order valence-corrected chi connectivity index (χ1v) is 11.3. The molecule has 1 saturated heterocycles. The van der Waals surface area contributed by atoms with E-state index in [0.717, 1.165) is 69.4 Å². The summed E-state index contributed by atoms with van der Waals surface area (Å²) >= 11 is 0. The van der Waals surface area contributed by atoms with E-state index in [2.05, 4.69) is 27.7 Å². The standard InChI is InChI=1S/C24H34N4O3/c1-29-18-15-28-13-9-19(10-14-28)26-24(25-12-8-20-5-4-16-30-20)27-22-11-17-31-23-7-3-2-6-21(22)23/h2-7,16,19,22H,8-15,17-18H2,1H3,(H2,25,26,27). The van der Waals surface area contributed by atoms with E-state index in [4.69, 9.17) is 18.9 Å². The van der Waals surface area contributed by atoms with Crippen LogP contribution in [0.5, 0.6) is 5.75 Å². The van der Waals surface area contributed by atoms with Crippen LogP contribution in [0.4, 0.5) is 0 Å². The Bertz CT molecular complexity index is 816. The van der Waals surface area contributed by atoms with E-state index in [0.29, 0.717) is 19.2 Å². The van der Waals surface area contributed by atoms with Crippen molar-refractivity contribution in [2.75, 3.05) is 46.5 Å². The van der Waals surface area contributed by atoms with Crippen LogP contribution in [-0.4, -0.2) is 63.4 Å². The lowest BCUT2D eigenvalue weighted by molar-refractivity contribution is 0.128. The summed E-state index contributed by atoms with van der Waals surface area (Å²) in [5.74, 6) is 2.81. The van der Waals surface area contributed by atoms with E-state index < -0.39 is 0 Å². The molecular formula is C24H34N4O3. The molecule has 1 fully saturated rings. The second kappa shape index (κ2) is 11.2. The van der Waals surface area contributed by atoms with Crippen molar-refractivity contribution in [1.82, 2.24) is 15.5 Å². The highest BCUT2D eigenvalue weighted by Crippen LogP contribution is 2.31. The molecule has 0 radical (unpaired) electrons. The summed E-state index contributed by atoms with van der Waals surface area (Å²) < 4.78 is 16.5. The number of nitrogens with zero attached hydrogens (tertiary/aromatic N) is 2. The third kappa shape index (κ3) is 6.24. The maximum Gasteiger partial charge on any atom is 0.191 e. The second-order valence-corrected chi connectivity index (χ2v) is 8.18. The zero-order chi connectivity index (χ0) is 21.3. The smallest absolute Gasteiger partial charge is 0.191 e. The van der Waals surface area contributed by atoms with Gasteiger partial charge in [-0.25, -0.2) is 0 Å². The van der Waals surface area contributed by atoms with Gasteiger partial charge in [0.2, 0.25) is 0 Å². The highest BCUT2D eigenvalue weighted by atomic mass is 16.5. The Kier molecular flexibility index (Phi) is 7.85. The number of hydrogen-bond donors (Lipinski definition) is 2. The van der Waals surface area contributed by atoms with E-state index in [1.165, 1.54) is 5.56 Å². The average molecular weight is 427 g/mol. The minimum absolute atomic E-state index is 0.196. The monoisotopic (exact) mass is 426 g/mol. The summed E-state index contributed by atoms with van der Waals surface area (Å²) in [6.07, 6.45) is 5.64. The Hall–Kier alpha value is -2.51. The molecule has 4 rings (SSSR count). The highest BCUT2D eigenvalue weighted by molar-refractivity contribution is 5.80. The van der Waals surface area contributed by atoms with Gasteiger partial charge in [0, 0.05) is 57.7 Å². The van der Waals surface area contributed by atoms with Crippen molar-refractivity contribution < 1.29 is 13.9 Å². The fourth-order valence-corrected chi connectivity index (χ4v) is 4.24. The molecule has 1 unspecified atom stereocenters. The fraction of sp³-hybridized carbons (Fsp3) is 0.542. The number of fused-ring (bicyclic) bond motifs is 1. The lowest BCUT2D eigenvalue weighted by atomic mass is 10.0. The Morgan fingerprint density at radius 1 is 1.13 bits per heavy atom. The number of guanidine groups is 1. The van der Waals surface area contributed by atoms with Gasteiger partial charge in [-0.05, 0) is 31.0 Å². The van der Waals surface area contributed by atoms with Gasteiger partial charge in [-0.15, -0.1) is 0 Å². The number of para-hydroxylation sites is 1. The van der Waals surface area contributed by atoms with E-state index >= 15 is 0 Å². The number of benzene rings is 1. The first-order chi connectivity index (χ1) is 15.3. The summed E-state index contributed by atoms with van der Waals surface area (Å²) in [6.45, 7) is 5.36. The Morgan fingerprint density at radius 3 is 2.81 bits per heavy atom. The molecule has 3 heterocycles. The van der Waals surface area contributed by atoms with Gasteiger partial charge in [-0.1, -0.05) is 18.2 Å². The number of hydrogen-bond acceptors (Lipinski definition) is 5. The number of furan rings is 1. The lowest BCUT2D eigenvalue weighted by Crippen LogP contribution is -2.50. The van der Waals surface area contributed by atoms with E-state index in [-0.39, 0.29) is 6.04 Å². The number of likely N-dealkylation sites (tertiary alicyclic amines) is 1. The quantitative estimate of drug-likeness (QED) is 0.500. The molecule has 2 aliphatic heterocycles. The molecule has 1 aromatic heterocycles. The molecule has 1 aromatic carbocycles. The second-order valence-electron chi connectivity index (χ2n) is 8.18. The SMILES string of the molecule is COCCN1CCC(NC(=NCCc2ccco2)NC2CCOc3ccccc32)CC1. The van der Waals surface area contributed by atoms with Gasteiger partial charge in [-0.2, -0.15) is 0 Å². The van der Waals surface area contributed by atoms with Crippen LogP contribution in [0.1, 0.15) is 36.6 Å². The highest BCUT2D eigenvalue weighted by Gasteiger charge is 2.24. The van der Waals surface area contributed by atoms with Crippen molar-refractivity contribution in [3.63, 3.8) is 0 Å². The van der Waals surface area contributed by atoms with Crippen LogP contribution >= 0.6 is 0 Å². The molecule has 2 aromatic rings. The van der Waals surface area contributed by atoms with Crippen LogP contribution in [0.15, 0.2) is 52.1 Å².